The average molecular weight is 252 g/mol. The van der Waals surface area contributed by atoms with E-state index in [2.05, 4.69) is 0 Å². The molecule has 2 N–H and O–H groups in total. The van der Waals surface area contributed by atoms with E-state index in [-0.39, 0.29) is 19.6 Å². The molecule has 2 rings (SSSR count). The number of amides is 1. The fraction of sp³-hybridized carbons (Fsp3) is 0.462. The van der Waals surface area contributed by atoms with Crippen molar-refractivity contribution in [2.24, 2.45) is 5.73 Å². The Bertz CT molecular complexity index is 399. The Morgan fingerprint density at radius 1 is 1.44 bits per heavy atom. The topological polar surface area (TPSA) is 55.6 Å². The van der Waals surface area contributed by atoms with Crippen molar-refractivity contribution >= 4 is 6.09 Å². The van der Waals surface area contributed by atoms with Crippen LogP contribution in [0.15, 0.2) is 30.3 Å². The van der Waals surface area contributed by atoms with Crippen LogP contribution in [0.4, 0.5) is 9.18 Å². The number of rotatable bonds is 2. The van der Waals surface area contributed by atoms with Crippen molar-refractivity contribution in [1.82, 2.24) is 4.90 Å². The Labute approximate surface area is 106 Å². The van der Waals surface area contributed by atoms with E-state index in [0.717, 1.165) is 5.56 Å². The van der Waals surface area contributed by atoms with Gasteiger partial charge in [-0.2, -0.15) is 0 Å². The van der Waals surface area contributed by atoms with Crippen molar-refractivity contribution in [3.63, 3.8) is 0 Å². The summed E-state index contributed by atoms with van der Waals surface area (Å²) in [7, 11) is 0. The second kappa shape index (κ2) is 5.82. The predicted molar refractivity (Wildman–Crippen MR) is 65.7 cm³/mol. The van der Waals surface area contributed by atoms with Gasteiger partial charge in [0.05, 0.1) is 6.04 Å². The molecule has 1 aliphatic rings. The summed E-state index contributed by atoms with van der Waals surface area (Å²) < 4.78 is 18.3. The minimum atomic E-state index is -1.02. The number of benzene rings is 1. The van der Waals surface area contributed by atoms with Crippen LogP contribution in [0.25, 0.3) is 0 Å². The molecule has 5 heteroatoms. The number of nitrogens with two attached hydrogens (primary N) is 1. The first-order valence-electron chi connectivity index (χ1n) is 6.02. The third-order valence-electron chi connectivity index (χ3n) is 3.03. The summed E-state index contributed by atoms with van der Waals surface area (Å²) in [6.45, 7) is 0.807. The summed E-state index contributed by atoms with van der Waals surface area (Å²) in [5.41, 5.74) is 6.52. The van der Waals surface area contributed by atoms with E-state index in [9.17, 15) is 9.18 Å². The SMILES string of the molecule is N[C@H]1CN(C(=O)OCc2ccccc2)CC[C@H]1F. The molecular formula is C13H17FN2O2. The summed E-state index contributed by atoms with van der Waals surface area (Å²) >= 11 is 0. The van der Waals surface area contributed by atoms with E-state index in [1.165, 1.54) is 4.90 Å². The van der Waals surface area contributed by atoms with E-state index >= 15 is 0 Å². The normalized spacial score (nSPS) is 23.8. The maximum Gasteiger partial charge on any atom is 0.410 e. The fourth-order valence-corrected chi connectivity index (χ4v) is 1.93. The van der Waals surface area contributed by atoms with Crippen LogP contribution in [0.3, 0.4) is 0 Å². The highest BCUT2D eigenvalue weighted by Crippen LogP contribution is 2.14. The Kier molecular flexibility index (Phi) is 4.15. The third-order valence-corrected chi connectivity index (χ3v) is 3.03. The zero-order valence-corrected chi connectivity index (χ0v) is 10.1. The van der Waals surface area contributed by atoms with E-state index in [1.807, 2.05) is 30.3 Å². The molecule has 1 amide bonds. The largest absolute Gasteiger partial charge is 0.445 e. The molecule has 0 radical (unpaired) electrons. The van der Waals surface area contributed by atoms with Crippen LogP contribution in [-0.4, -0.2) is 36.3 Å². The van der Waals surface area contributed by atoms with Gasteiger partial charge < -0.3 is 15.4 Å². The third kappa shape index (κ3) is 3.20. The molecule has 1 aliphatic heterocycles. The zero-order valence-electron chi connectivity index (χ0n) is 10.1. The molecule has 1 saturated heterocycles. The van der Waals surface area contributed by atoms with Gasteiger partial charge in [-0.3, -0.25) is 0 Å². The van der Waals surface area contributed by atoms with Crippen molar-refractivity contribution in [2.75, 3.05) is 13.1 Å². The van der Waals surface area contributed by atoms with E-state index in [4.69, 9.17) is 10.5 Å². The maximum atomic E-state index is 13.2. The predicted octanol–water partition coefficient (Wildman–Crippen LogP) is 1.69. The van der Waals surface area contributed by atoms with Gasteiger partial charge in [0.1, 0.15) is 12.8 Å². The molecule has 1 aromatic carbocycles. The smallest absolute Gasteiger partial charge is 0.410 e. The number of alkyl halides is 1. The fourth-order valence-electron chi connectivity index (χ4n) is 1.93. The van der Waals surface area contributed by atoms with Crippen LogP contribution in [0.1, 0.15) is 12.0 Å². The molecule has 1 aromatic rings. The molecule has 1 heterocycles. The molecular weight excluding hydrogens is 235 g/mol. The van der Waals surface area contributed by atoms with E-state index in [1.54, 1.807) is 0 Å². The summed E-state index contributed by atoms with van der Waals surface area (Å²) in [6, 6.07) is 8.82. The lowest BCUT2D eigenvalue weighted by Crippen LogP contribution is -2.51. The number of likely N-dealkylation sites (tertiary alicyclic amines) is 1. The summed E-state index contributed by atoms with van der Waals surface area (Å²) in [6.07, 6.45) is -1.17. The molecule has 18 heavy (non-hydrogen) atoms. The molecule has 4 nitrogen and oxygen atoms in total. The number of hydrogen-bond donors (Lipinski definition) is 1. The number of halogens is 1. The standard InChI is InChI=1S/C13H17FN2O2/c14-11-6-7-16(8-12(11)15)13(17)18-9-10-4-2-1-3-5-10/h1-5,11-12H,6-9,15H2/t11-,12+/m1/s1. The van der Waals surface area contributed by atoms with Gasteiger partial charge in [0.2, 0.25) is 0 Å². The second-order valence-electron chi connectivity index (χ2n) is 4.45. The highest BCUT2D eigenvalue weighted by Gasteiger charge is 2.29. The van der Waals surface area contributed by atoms with E-state index < -0.39 is 18.3 Å². The van der Waals surface area contributed by atoms with Crippen LogP contribution in [0, 0.1) is 0 Å². The van der Waals surface area contributed by atoms with Crippen molar-refractivity contribution in [3.8, 4) is 0 Å². The van der Waals surface area contributed by atoms with Crippen molar-refractivity contribution in [2.45, 2.75) is 25.2 Å². The molecule has 0 aromatic heterocycles. The molecule has 0 spiro atoms. The first kappa shape index (κ1) is 12.8. The molecule has 0 saturated carbocycles. The lowest BCUT2D eigenvalue weighted by molar-refractivity contribution is 0.0703. The second-order valence-corrected chi connectivity index (χ2v) is 4.45. The minimum absolute atomic E-state index is 0.217. The van der Waals surface area contributed by atoms with Crippen LogP contribution in [0.2, 0.25) is 0 Å². The number of piperidine rings is 1. The van der Waals surface area contributed by atoms with Crippen molar-refractivity contribution in [1.29, 1.82) is 0 Å². The highest BCUT2D eigenvalue weighted by molar-refractivity contribution is 5.67. The number of hydrogen-bond acceptors (Lipinski definition) is 3. The van der Waals surface area contributed by atoms with Gasteiger partial charge in [-0.15, -0.1) is 0 Å². The van der Waals surface area contributed by atoms with Gasteiger partial charge >= 0.3 is 6.09 Å². The monoisotopic (exact) mass is 252 g/mol. The van der Waals surface area contributed by atoms with Gasteiger partial charge in [0, 0.05) is 13.1 Å². The summed E-state index contributed by atoms with van der Waals surface area (Å²) in [5.74, 6) is 0. The number of nitrogens with zero attached hydrogens (tertiary/aromatic N) is 1. The minimum Gasteiger partial charge on any atom is -0.445 e. The molecule has 1 fully saturated rings. The maximum absolute atomic E-state index is 13.2. The van der Waals surface area contributed by atoms with Gasteiger partial charge in [0.25, 0.3) is 0 Å². The van der Waals surface area contributed by atoms with Gasteiger partial charge in [-0.05, 0) is 12.0 Å². The number of carbonyl (C=O) groups is 1. The lowest BCUT2D eigenvalue weighted by atomic mass is 10.1. The Balaban J connectivity index is 1.82. The van der Waals surface area contributed by atoms with Gasteiger partial charge in [0.15, 0.2) is 0 Å². The molecule has 0 aliphatic carbocycles. The van der Waals surface area contributed by atoms with Gasteiger partial charge in [-0.1, -0.05) is 30.3 Å². The van der Waals surface area contributed by atoms with Crippen LogP contribution in [0.5, 0.6) is 0 Å². The summed E-state index contributed by atoms with van der Waals surface area (Å²) in [5, 5.41) is 0. The Morgan fingerprint density at radius 3 is 2.83 bits per heavy atom. The first-order valence-corrected chi connectivity index (χ1v) is 6.02. The number of ether oxygens (including phenoxy) is 1. The van der Waals surface area contributed by atoms with Crippen LogP contribution >= 0.6 is 0 Å². The summed E-state index contributed by atoms with van der Waals surface area (Å²) in [4.78, 5) is 13.2. The number of carbonyl (C=O) groups excluding carboxylic acids is 1. The first-order chi connectivity index (χ1) is 8.66. The van der Waals surface area contributed by atoms with Gasteiger partial charge in [-0.25, -0.2) is 9.18 Å². The Morgan fingerprint density at radius 2 is 2.17 bits per heavy atom. The van der Waals surface area contributed by atoms with Crippen LogP contribution in [-0.2, 0) is 11.3 Å². The zero-order chi connectivity index (χ0) is 13.0. The van der Waals surface area contributed by atoms with Crippen molar-refractivity contribution < 1.29 is 13.9 Å². The molecule has 0 bridgehead atoms. The lowest BCUT2D eigenvalue weighted by Gasteiger charge is -2.32. The Hall–Kier alpha value is -1.62. The average Bonchev–Trinajstić information content (AvgIpc) is 2.40. The quantitative estimate of drug-likeness (QED) is 0.871. The molecule has 0 unspecified atom stereocenters. The molecule has 98 valence electrons. The van der Waals surface area contributed by atoms with E-state index in [0.29, 0.717) is 6.54 Å². The molecule has 2 atom stereocenters. The van der Waals surface area contributed by atoms with Crippen molar-refractivity contribution in [3.05, 3.63) is 35.9 Å². The highest BCUT2D eigenvalue weighted by atomic mass is 19.1. The van der Waals surface area contributed by atoms with Crippen LogP contribution < -0.4 is 5.73 Å².